The van der Waals surface area contributed by atoms with Gasteiger partial charge in [0.2, 0.25) is 0 Å². The smallest absolute Gasteiger partial charge is 0.379 e. The average molecular weight is 324 g/mol. The fourth-order valence-corrected chi connectivity index (χ4v) is 1.87. The third-order valence-electron chi connectivity index (χ3n) is 3.02. The van der Waals surface area contributed by atoms with Gasteiger partial charge < -0.3 is 19.7 Å². The lowest BCUT2D eigenvalue weighted by Gasteiger charge is -2.17. The standard InChI is InChI=1S/C16H20O7/c1-3-22-13(18)9-12(17)14(19)10-5-7-11(8-6-10)15(20)16(21)23-4-2/h5-8,12,14,17,19H,3-4,9H2,1-2H3. The van der Waals surface area contributed by atoms with E-state index in [0.717, 1.165) is 0 Å². The van der Waals surface area contributed by atoms with Crippen molar-refractivity contribution in [3.05, 3.63) is 35.4 Å². The summed E-state index contributed by atoms with van der Waals surface area (Å²) in [5, 5.41) is 19.8. The lowest BCUT2D eigenvalue weighted by molar-refractivity contribution is -0.147. The Labute approximate surface area is 133 Å². The summed E-state index contributed by atoms with van der Waals surface area (Å²) in [6.07, 6.45) is -3.00. The van der Waals surface area contributed by atoms with Crippen molar-refractivity contribution in [1.29, 1.82) is 0 Å². The van der Waals surface area contributed by atoms with E-state index >= 15 is 0 Å². The molecule has 2 N–H and O–H groups in total. The molecular weight excluding hydrogens is 304 g/mol. The number of ketones is 1. The summed E-state index contributed by atoms with van der Waals surface area (Å²) in [5.41, 5.74) is 0.418. The van der Waals surface area contributed by atoms with Crippen molar-refractivity contribution in [2.24, 2.45) is 0 Å². The van der Waals surface area contributed by atoms with Gasteiger partial charge in [0.15, 0.2) is 0 Å². The van der Waals surface area contributed by atoms with E-state index in [9.17, 15) is 24.6 Å². The Bertz CT molecular complexity index is 550. The van der Waals surface area contributed by atoms with E-state index in [1.165, 1.54) is 24.3 Å². The molecule has 0 aromatic heterocycles. The quantitative estimate of drug-likeness (QED) is 0.413. The van der Waals surface area contributed by atoms with Gasteiger partial charge in [-0.1, -0.05) is 24.3 Å². The number of benzene rings is 1. The minimum absolute atomic E-state index is 0.0986. The summed E-state index contributed by atoms with van der Waals surface area (Å²) in [4.78, 5) is 34.3. The SMILES string of the molecule is CCOC(=O)CC(O)C(O)c1ccc(C(=O)C(=O)OCC)cc1. The Morgan fingerprint density at radius 3 is 2.09 bits per heavy atom. The van der Waals surface area contributed by atoms with Crippen molar-refractivity contribution in [3.63, 3.8) is 0 Å². The molecule has 0 bridgehead atoms. The van der Waals surface area contributed by atoms with Crippen LogP contribution < -0.4 is 0 Å². The summed E-state index contributed by atoms with van der Waals surface area (Å²) in [5.74, 6) is -2.36. The summed E-state index contributed by atoms with van der Waals surface area (Å²) in [7, 11) is 0. The number of esters is 2. The third kappa shape index (κ3) is 5.46. The summed E-state index contributed by atoms with van der Waals surface area (Å²) >= 11 is 0. The molecular formula is C16H20O7. The van der Waals surface area contributed by atoms with Crippen LogP contribution in [0.15, 0.2) is 24.3 Å². The van der Waals surface area contributed by atoms with Crippen LogP contribution >= 0.6 is 0 Å². The molecule has 1 aromatic carbocycles. The predicted molar refractivity (Wildman–Crippen MR) is 79.6 cm³/mol. The van der Waals surface area contributed by atoms with E-state index in [0.29, 0.717) is 5.56 Å². The number of rotatable bonds is 8. The fraction of sp³-hybridized carbons (Fsp3) is 0.438. The van der Waals surface area contributed by atoms with Crippen LogP contribution in [-0.2, 0) is 19.1 Å². The molecule has 1 rings (SSSR count). The number of carbonyl (C=O) groups is 3. The molecule has 0 aliphatic rings. The van der Waals surface area contributed by atoms with E-state index in [1.807, 2.05) is 0 Å². The second-order valence-electron chi connectivity index (χ2n) is 4.69. The molecule has 0 saturated carbocycles. The topological polar surface area (TPSA) is 110 Å². The van der Waals surface area contributed by atoms with Crippen LogP contribution in [0.4, 0.5) is 0 Å². The van der Waals surface area contributed by atoms with Gasteiger partial charge in [-0.05, 0) is 19.4 Å². The average Bonchev–Trinajstić information content (AvgIpc) is 2.54. The first-order valence-corrected chi connectivity index (χ1v) is 7.23. The monoisotopic (exact) mass is 324 g/mol. The Hall–Kier alpha value is -2.25. The molecule has 7 heteroatoms. The number of carbonyl (C=O) groups excluding carboxylic acids is 3. The van der Waals surface area contributed by atoms with Crippen LogP contribution in [0.5, 0.6) is 0 Å². The van der Waals surface area contributed by atoms with Crippen molar-refractivity contribution in [2.75, 3.05) is 13.2 Å². The summed E-state index contributed by atoms with van der Waals surface area (Å²) in [6.45, 7) is 3.52. The predicted octanol–water partition coefficient (Wildman–Crippen LogP) is 0.780. The highest BCUT2D eigenvalue weighted by Crippen LogP contribution is 2.20. The van der Waals surface area contributed by atoms with Crippen molar-refractivity contribution in [1.82, 2.24) is 0 Å². The van der Waals surface area contributed by atoms with E-state index < -0.39 is 29.9 Å². The Morgan fingerprint density at radius 2 is 1.57 bits per heavy atom. The van der Waals surface area contributed by atoms with Gasteiger partial charge in [-0.25, -0.2) is 4.79 Å². The van der Waals surface area contributed by atoms with Crippen LogP contribution in [0.2, 0.25) is 0 Å². The first-order chi connectivity index (χ1) is 10.9. The van der Waals surface area contributed by atoms with E-state index in [1.54, 1.807) is 13.8 Å². The Balaban J connectivity index is 2.73. The first-order valence-electron chi connectivity index (χ1n) is 7.23. The number of Topliss-reactive ketones (excluding diaryl/α,β-unsaturated/α-hetero) is 1. The maximum Gasteiger partial charge on any atom is 0.379 e. The molecule has 0 radical (unpaired) electrons. The highest BCUT2D eigenvalue weighted by atomic mass is 16.5. The van der Waals surface area contributed by atoms with Gasteiger partial charge in [-0.2, -0.15) is 0 Å². The number of hydrogen-bond acceptors (Lipinski definition) is 7. The van der Waals surface area contributed by atoms with E-state index in [2.05, 4.69) is 4.74 Å². The third-order valence-corrected chi connectivity index (χ3v) is 3.02. The molecule has 0 spiro atoms. The molecule has 0 saturated heterocycles. The maximum atomic E-state index is 11.7. The first kappa shape index (κ1) is 18.8. The van der Waals surface area contributed by atoms with Crippen molar-refractivity contribution in [3.8, 4) is 0 Å². The number of ether oxygens (including phenoxy) is 2. The zero-order chi connectivity index (χ0) is 17.4. The van der Waals surface area contributed by atoms with Crippen molar-refractivity contribution >= 4 is 17.7 Å². The van der Waals surface area contributed by atoms with Crippen LogP contribution in [0, 0.1) is 0 Å². The number of aliphatic hydroxyl groups is 2. The van der Waals surface area contributed by atoms with Gasteiger partial charge in [0.05, 0.1) is 25.7 Å². The molecule has 2 unspecified atom stereocenters. The van der Waals surface area contributed by atoms with Crippen LogP contribution in [0.1, 0.15) is 42.3 Å². The van der Waals surface area contributed by atoms with Gasteiger partial charge in [0.1, 0.15) is 6.10 Å². The second kappa shape index (κ2) is 9.02. The fourth-order valence-electron chi connectivity index (χ4n) is 1.87. The lowest BCUT2D eigenvalue weighted by atomic mass is 10.00. The minimum Gasteiger partial charge on any atom is -0.466 e. The zero-order valence-corrected chi connectivity index (χ0v) is 13.0. The number of aliphatic hydroxyl groups excluding tert-OH is 2. The summed E-state index contributed by atoms with van der Waals surface area (Å²) in [6, 6.07) is 5.47. The van der Waals surface area contributed by atoms with Crippen molar-refractivity contribution in [2.45, 2.75) is 32.5 Å². The molecule has 2 atom stereocenters. The molecule has 0 amide bonds. The largest absolute Gasteiger partial charge is 0.466 e. The van der Waals surface area contributed by atoms with E-state index in [4.69, 9.17) is 4.74 Å². The lowest BCUT2D eigenvalue weighted by Crippen LogP contribution is -2.23. The molecule has 0 heterocycles. The normalized spacial score (nSPS) is 13.0. The zero-order valence-electron chi connectivity index (χ0n) is 13.0. The number of hydrogen-bond donors (Lipinski definition) is 2. The molecule has 126 valence electrons. The molecule has 7 nitrogen and oxygen atoms in total. The highest BCUT2D eigenvalue weighted by Gasteiger charge is 2.23. The highest BCUT2D eigenvalue weighted by molar-refractivity contribution is 6.40. The van der Waals surface area contributed by atoms with Crippen molar-refractivity contribution < 1.29 is 34.1 Å². The van der Waals surface area contributed by atoms with Gasteiger partial charge >= 0.3 is 11.9 Å². The summed E-state index contributed by atoms with van der Waals surface area (Å²) < 4.78 is 9.30. The maximum absolute atomic E-state index is 11.7. The van der Waals surface area contributed by atoms with Gasteiger partial charge in [-0.15, -0.1) is 0 Å². The second-order valence-corrected chi connectivity index (χ2v) is 4.69. The van der Waals surface area contributed by atoms with Crippen LogP contribution in [-0.4, -0.2) is 47.3 Å². The molecule has 23 heavy (non-hydrogen) atoms. The Morgan fingerprint density at radius 1 is 1.00 bits per heavy atom. The van der Waals surface area contributed by atoms with Gasteiger partial charge in [0, 0.05) is 5.56 Å². The van der Waals surface area contributed by atoms with E-state index in [-0.39, 0.29) is 25.2 Å². The van der Waals surface area contributed by atoms with Crippen LogP contribution in [0.25, 0.3) is 0 Å². The molecule has 0 fully saturated rings. The molecule has 1 aromatic rings. The minimum atomic E-state index is -1.33. The van der Waals surface area contributed by atoms with Crippen LogP contribution in [0.3, 0.4) is 0 Å². The van der Waals surface area contributed by atoms with Gasteiger partial charge in [-0.3, -0.25) is 9.59 Å². The molecule has 0 aliphatic heterocycles. The Kier molecular flexibility index (Phi) is 7.37. The molecule has 0 aliphatic carbocycles. The van der Waals surface area contributed by atoms with Gasteiger partial charge in [0.25, 0.3) is 5.78 Å².